The summed E-state index contributed by atoms with van der Waals surface area (Å²) in [5.74, 6) is -2.77. The average Bonchev–Trinajstić information content (AvgIpc) is 3.22. The molecule has 186 valence electrons. The monoisotopic (exact) mass is 512 g/mol. The lowest BCUT2D eigenvalue weighted by molar-refractivity contribution is -0.255. The van der Waals surface area contributed by atoms with E-state index < -0.39 is 50.7 Å². The lowest BCUT2D eigenvalue weighted by Gasteiger charge is -2.18. The van der Waals surface area contributed by atoms with Gasteiger partial charge in [-0.05, 0) is 36.8 Å². The van der Waals surface area contributed by atoms with Crippen molar-refractivity contribution in [2.45, 2.75) is 13.1 Å². The zero-order valence-corrected chi connectivity index (χ0v) is 19.1. The average molecular weight is 512 g/mol. The quantitative estimate of drug-likeness (QED) is 0.484. The summed E-state index contributed by atoms with van der Waals surface area (Å²) in [6.07, 6.45) is -3.05. The Morgan fingerprint density at radius 3 is 2.34 bits per heavy atom. The summed E-state index contributed by atoms with van der Waals surface area (Å²) in [6, 6.07) is 5.33. The number of aromatic carboxylic acids is 1. The molecule has 15 heteroatoms. The molecule has 2 aromatic carbocycles. The van der Waals surface area contributed by atoms with E-state index in [0.717, 1.165) is 24.2 Å². The summed E-state index contributed by atoms with van der Waals surface area (Å²) in [4.78, 5) is 23.9. The van der Waals surface area contributed by atoms with E-state index in [9.17, 15) is 36.3 Å². The number of hydrogen-bond donors (Lipinski definition) is 2. The van der Waals surface area contributed by atoms with E-state index in [2.05, 4.69) is 15.6 Å². The summed E-state index contributed by atoms with van der Waals surface area (Å²) in [7, 11) is -2.89. The van der Waals surface area contributed by atoms with Crippen molar-refractivity contribution in [1.29, 1.82) is 0 Å². The molecule has 0 saturated heterocycles. The molecule has 0 aliphatic carbocycles. The molecule has 0 spiro atoms. The van der Waals surface area contributed by atoms with Crippen LogP contribution in [0.25, 0.3) is 5.69 Å². The minimum absolute atomic E-state index is 0.0341. The van der Waals surface area contributed by atoms with Gasteiger partial charge in [0.2, 0.25) is 10.0 Å². The maximum absolute atomic E-state index is 13.4. The van der Waals surface area contributed by atoms with Crippen LogP contribution in [0.4, 0.5) is 24.5 Å². The Morgan fingerprint density at radius 2 is 1.80 bits per heavy atom. The fraction of sp³-hybridized carbons (Fsp3) is 0.200. The minimum Gasteiger partial charge on any atom is -0.543 e. The van der Waals surface area contributed by atoms with E-state index in [1.54, 1.807) is 6.92 Å². The number of rotatable bonds is 7. The van der Waals surface area contributed by atoms with Gasteiger partial charge in [0, 0.05) is 5.56 Å². The largest absolute Gasteiger partial charge is 0.543 e. The van der Waals surface area contributed by atoms with Crippen molar-refractivity contribution in [1.82, 2.24) is 15.0 Å². The zero-order valence-electron chi connectivity index (χ0n) is 18.3. The molecule has 0 fully saturated rings. The fourth-order valence-electron chi connectivity index (χ4n) is 3.05. The standard InChI is InChI=1S/C20H18F3N5O6S/c1-10-4-5-11(6-16(10)28-9-15(19(30)31)25-27-28)18(29)24-13-7-12(20(21,22)23)8-14(17(13)34-2)26-35(3,32)33/h4-9,26H,1-3H3,(H,24,29)(H,30,31)/p-1. The number of carboxylic acids is 1. The lowest BCUT2D eigenvalue weighted by atomic mass is 10.1. The zero-order chi connectivity index (χ0) is 26.1. The van der Waals surface area contributed by atoms with E-state index >= 15 is 0 Å². The van der Waals surface area contributed by atoms with Gasteiger partial charge in [0.1, 0.15) is 5.69 Å². The first-order valence-electron chi connectivity index (χ1n) is 9.52. The molecule has 1 aromatic heterocycles. The summed E-state index contributed by atoms with van der Waals surface area (Å²) in [5, 5.41) is 20.4. The van der Waals surface area contributed by atoms with Gasteiger partial charge in [-0.3, -0.25) is 9.52 Å². The molecular weight excluding hydrogens is 495 g/mol. The second kappa shape index (κ2) is 9.25. The fourth-order valence-corrected chi connectivity index (χ4v) is 3.60. The number of aryl methyl sites for hydroxylation is 1. The Hall–Kier alpha value is -4.14. The van der Waals surface area contributed by atoms with Crippen molar-refractivity contribution < 1.29 is 41.0 Å². The molecule has 3 rings (SSSR count). The van der Waals surface area contributed by atoms with Crippen LogP contribution in [-0.2, 0) is 16.2 Å². The molecule has 3 aromatic rings. The molecule has 0 aliphatic heterocycles. The van der Waals surface area contributed by atoms with E-state index in [1.165, 1.54) is 18.2 Å². The van der Waals surface area contributed by atoms with E-state index in [-0.39, 0.29) is 17.0 Å². The molecule has 35 heavy (non-hydrogen) atoms. The number of aromatic nitrogens is 3. The van der Waals surface area contributed by atoms with Crippen LogP contribution in [0.15, 0.2) is 36.5 Å². The van der Waals surface area contributed by atoms with Crippen LogP contribution in [0, 0.1) is 6.92 Å². The van der Waals surface area contributed by atoms with Crippen LogP contribution >= 0.6 is 0 Å². The smallest absolute Gasteiger partial charge is 0.416 e. The maximum atomic E-state index is 13.4. The number of sulfonamides is 1. The van der Waals surface area contributed by atoms with Crippen molar-refractivity contribution in [3.8, 4) is 11.4 Å². The Labute approximate surface area is 196 Å². The van der Waals surface area contributed by atoms with E-state index in [0.29, 0.717) is 17.7 Å². The van der Waals surface area contributed by atoms with Crippen molar-refractivity contribution in [2.24, 2.45) is 0 Å². The first kappa shape index (κ1) is 25.5. The SMILES string of the molecule is COc1c(NC(=O)c2ccc(C)c(-n3cc(C(=O)[O-])nn3)c2)cc(C(F)(F)F)cc1NS(C)(=O)=O. The summed E-state index contributed by atoms with van der Waals surface area (Å²) >= 11 is 0. The molecule has 0 atom stereocenters. The van der Waals surface area contributed by atoms with Crippen molar-refractivity contribution in [3.05, 3.63) is 58.9 Å². The summed E-state index contributed by atoms with van der Waals surface area (Å²) < 4.78 is 71.7. The topological polar surface area (TPSA) is 155 Å². The number of nitrogens with one attached hydrogen (secondary N) is 2. The molecule has 0 saturated carbocycles. The number of alkyl halides is 3. The molecule has 0 aliphatic rings. The molecule has 0 unspecified atom stereocenters. The van der Waals surface area contributed by atoms with Crippen LogP contribution in [0.5, 0.6) is 5.75 Å². The highest BCUT2D eigenvalue weighted by Gasteiger charge is 2.33. The van der Waals surface area contributed by atoms with Crippen molar-refractivity contribution >= 4 is 33.3 Å². The lowest BCUT2D eigenvalue weighted by Crippen LogP contribution is -2.22. The Balaban J connectivity index is 2.04. The number of carbonyl (C=O) groups is 2. The van der Waals surface area contributed by atoms with Crippen molar-refractivity contribution in [2.75, 3.05) is 23.4 Å². The Kier molecular flexibility index (Phi) is 6.73. The van der Waals surface area contributed by atoms with Crippen LogP contribution in [-0.4, -0.2) is 48.7 Å². The molecule has 1 heterocycles. The van der Waals surface area contributed by atoms with Gasteiger partial charge >= 0.3 is 6.18 Å². The molecule has 11 nitrogen and oxygen atoms in total. The van der Waals surface area contributed by atoms with Crippen LogP contribution in [0.3, 0.4) is 0 Å². The number of carboxylic acid groups (broad SMARTS) is 1. The van der Waals surface area contributed by atoms with Crippen molar-refractivity contribution in [3.63, 3.8) is 0 Å². The Bertz CT molecular complexity index is 1420. The number of methoxy groups -OCH3 is 1. The highest BCUT2D eigenvalue weighted by Crippen LogP contribution is 2.41. The number of benzene rings is 2. The van der Waals surface area contributed by atoms with Crippen LogP contribution in [0.2, 0.25) is 0 Å². The van der Waals surface area contributed by atoms with Gasteiger partial charge in [-0.1, -0.05) is 11.3 Å². The number of amides is 1. The number of hydrogen-bond acceptors (Lipinski definition) is 8. The summed E-state index contributed by atoms with van der Waals surface area (Å²) in [6.45, 7) is 1.65. The predicted octanol–water partition coefficient (Wildman–Crippen LogP) is 1.59. The molecule has 1 amide bonds. The minimum atomic E-state index is -4.86. The molecular formula is C20H17F3N5O6S-. The van der Waals surface area contributed by atoms with Crippen LogP contribution < -0.4 is 19.9 Å². The Morgan fingerprint density at radius 1 is 1.14 bits per heavy atom. The third-order valence-corrected chi connectivity index (χ3v) is 5.18. The number of anilines is 2. The second-order valence-corrected chi connectivity index (χ2v) is 9.02. The van der Waals surface area contributed by atoms with Gasteiger partial charge in [0.25, 0.3) is 5.91 Å². The van der Waals surface area contributed by atoms with Gasteiger partial charge in [-0.15, -0.1) is 5.10 Å². The second-order valence-electron chi connectivity index (χ2n) is 7.27. The van der Waals surface area contributed by atoms with Crippen LogP contribution in [0.1, 0.15) is 32.0 Å². The number of halogens is 3. The summed E-state index contributed by atoms with van der Waals surface area (Å²) in [5.41, 5.74) is -1.84. The molecule has 2 N–H and O–H groups in total. The number of ether oxygens (including phenoxy) is 1. The first-order chi connectivity index (χ1) is 16.2. The van der Waals surface area contributed by atoms with Gasteiger partial charge in [0.15, 0.2) is 5.75 Å². The predicted molar refractivity (Wildman–Crippen MR) is 115 cm³/mol. The maximum Gasteiger partial charge on any atom is 0.416 e. The first-order valence-corrected chi connectivity index (χ1v) is 11.4. The van der Waals surface area contributed by atoms with Gasteiger partial charge in [-0.2, -0.15) is 13.2 Å². The third kappa shape index (κ3) is 5.87. The molecule has 0 radical (unpaired) electrons. The van der Waals surface area contributed by atoms with Gasteiger partial charge in [0.05, 0.1) is 48.2 Å². The molecule has 0 bridgehead atoms. The third-order valence-electron chi connectivity index (χ3n) is 4.58. The highest BCUT2D eigenvalue weighted by molar-refractivity contribution is 7.92. The van der Waals surface area contributed by atoms with Gasteiger partial charge < -0.3 is 20.0 Å². The van der Waals surface area contributed by atoms with E-state index in [1.807, 2.05) is 4.72 Å². The van der Waals surface area contributed by atoms with E-state index in [4.69, 9.17) is 4.74 Å². The normalized spacial score (nSPS) is 11.7. The number of carbonyl (C=O) groups excluding carboxylic acids is 2. The number of nitrogens with zero attached hydrogens (tertiary/aromatic N) is 3. The highest BCUT2D eigenvalue weighted by atomic mass is 32.2. The van der Waals surface area contributed by atoms with Gasteiger partial charge in [-0.25, -0.2) is 13.1 Å².